The zero-order chi connectivity index (χ0) is 17.3. The van der Waals surface area contributed by atoms with Gasteiger partial charge < -0.3 is 0 Å². The fourth-order valence-corrected chi connectivity index (χ4v) is 6.88. The molecule has 24 heavy (non-hydrogen) atoms. The molecular weight excluding hydrogens is 302 g/mol. The van der Waals surface area contributed by atoms with Gasteiger partial charge in [0.2, 0.25) is 0 Å². The van der Waals surface area contributed by atoms with Crippen LogP contribution in [0.5, 0.6) is 0 Å². The number of carbonyl (C=O) groups excluding carboxylic acids is 3. The second-order valence-corrected chi connectivity index (χ2v) is 9.14. The lowest BCUT2D eigenvalue weighted by Gasteiger charge is -2.61. The number of hydrogen-bond donors (Lipinski definition) is 0. The zero-order valence-electron chi connectivity index (χ0n) is 14.6. The van der Waals surface area contributed by atoms with Crippen molar-refractivity contribution in [3.8, 4) is 6.07 Å². The first kappa shape index (κ1) is 16.0. The van der Waals surface area contributed by atoms with Gasteiger partial charge in [-0.05, 0) is 42.9 Å². The topological polar surface area (TPSA) is 75.0 Å². The fourth-order valence-electron chi connectivity index (χ4n) is 6.88. The van der Waals surface area contributed by atoms with E-state index in [2.05, 4.69) is 13.0 Å². The summed E-state index contributed by atoms with van der Waals surface area (Å²) in [6.07, 6.45) is 4.75. The van der Waals surface area contributed by atoms with Gasteiger partial charge in [0.15, 0.2) is 0 Å². The van der Waals surface area contributed by atoms with Gasteiger partial charge >= 0.3 is 0 Å². The number of rotatable bonds is 0. The molecule has 0 saturated heterocycles. The van der Waals surface area contributed by atoms with E-state index in [0.29, 0.717) is 38.5 Å². The van der Waals surface area contributed by atoms with E-state index in [1.165, 1.54) is 0 Å². The van der Waals surface area contributed by atoms with Gasteiger partial charge in [0.05, 0.1) is 11.5 Å². The van der Waals surface area contributed by atoms with Crippen LogP contribution in [0.3, 0.4) is 0 Å². The van der Waals surface area contributed by atoms with Crippen LogP contribution in [0.25, 0.3) is 0 Å². The summed E-state index contributed by atoms with van der Waals surface area (Å²) in [7, 11) is 0. The van der Waals surface area contributed by atoms with Crippen molar-refractivity contribution in [2.75, 3.05) is 0 Å². The van der Waals surface area contributed by atoms with Gasteiger partial charge in [-0.2, -0.15) is 5.26 Å². The molecule has 4 aliphatic rings. The number of carbonyl (C=O) groups is 3. The van der Waals surface area contributed by atoms with Gasteiger partial charge in [0, 0.05) is 37.0 Å². The molecule has 6 unspecified atom stereocenters. The van der Waals surface area contributed by atoms with Crippen LogP contribution in [-0.2, 0) is 14.4 Å². The largest absolute Gasteiger partial charge is 0.300 e. The monoisotopic (exact) mass is 327 g/mol. The van der Waals surface area contributed by atoms with Crippen molar-refractivity contribution >= 4 is 17.3 Å². The third-order valence-corrected chi connectivity index (χ3v) is 8.29. The summed E-state index contributed by atoms with van der Waals surface area (Å²) in [6.45, 7) is 4.07. The minimum atomic E-state index is -0.685. The highest BCUT2D eigenvalue weighted by atomic mass is 16.1. The molecule has 4 rings (SSSR count). The van der Waals surface area contributed by atoms with Crippen molar-refractivity contribution in [2.45, 2.75) is 65.2 Å². The molecule has 0 bridgehead atoms. The van der Waals surface area contributed by atoms with Gasteiger partial charge in [-0.15, -0.1) is 0 Å². The lowest BCUT2D eigenvalue weighted by atomic mass is 9.40. The first-order valence-corrected chi connectivity index (χ1v) is 9.26. The van der Waals surface area contributed by atoms with Crippen LogP contribution in [-0.4, -0.2) is 17.3 Å². The Morgan fingerprint density at radius 3 is 2.50 bits per heavy atom. The molecule has 4 aliphatic carbocycles. The molecular formula is C20H25NO3. The molecule has 0 amide bonds. The number of hydrogen-bond acceptors (Lipinski definition) is 4. The summed E-state index contributed by atoms with van der Waals surface area (Å²) in [5.41, 5.74) is -1.58. The molecule has 0 aromatic heterocycles. The molecule has 4 saturated carbocycles. The molecule has 128 valence electrons. The molecule has 4 nitrogen and oxygen atoms in total. The van der Waals surface area contributed by atoms with Crippen LogP contribution in [0.4, 0.5) is 0 Å². The highest BCUT2D eigenvalue weighted by Crippen LogP contribution is 2.67. The molecule has 4 fully saturated rings. The van der Waals surface area contributed by atoms with E-state index in [4.69, 9.17) is 0 Å². The van der Waals surface area contributed by atoms with Crippen LogP contribution < -0.4 is 0 Å². The van der Waals surface area contributed by atoms with Crippen LogP contribution in [0, 0.1) is 45.3 Å². The van der Waals surface area contributed by atoms with Crippen molar-refractivity contribution in [3.63, 3.8) is 0 Å². The van der Waals surface area contributed by atoms with E-state index >= 15 is 0 Å². The average Bonchev–Trinajstić information content (AvgIpc) is 2.82. The number of nitrogens with zero attached hydrogens (tertiary/aromatic N) is 1. The van der Waals surface area contributed by atoms with Crippen LogP contribution in [0.15, 0.2) is 0 Å². The third kappa shape index (κ3) is 1.71. The van der Waals surface area contributed by atoms with E-state index in [-0.39, 0.29) is 35.1 Å². The Labute approximate surface area is 143 Å². The molecule has 0 aromatic carbocycles. The maximum absolute atomic E-state index is 13.2. The van der Waals surface area contributed by atoms with Gasteiger partial charge in [-0.25, -0.2) is 0 Å². The molecule has 0 spiro atoms. The quantitative estimate of drug-likeness (QED) is 0.684. The lowest BCUT2D eigenvalue weighted by molar-refractivity contribution is -0.169. The number of ketones is 3. The van der Waals surface area contributed by atoms with Crippen molar-refractivity contribution in [1.82, 2.24) is 0 Å². The smallest absolute Gasteiger partial charge is 0.139 e. The molecule has 0 heterocycles. The maximum atomic E-state index is 13.2. The fraction of sp³-hybridized carbons (Fsp3) is 0.800. The summed E-state index contributed by atoms with van der Waals surface area (Å²) < 4.78 is 0. The van der Waals surface area contributed by atoms with E-state index in [1.807, 2.05) is 6.92 Å². The summed E-state index contributed by atoms with van der Waals surface area (Å²) in [5.74, 6) is 0.923. The van der Waals surface area contributed by atoms with Gasteiger partial charge in [-0.1, -0.05) is 13.8 Å². The van der Waals surface area contributed by atoms with Crippen molar-refractivity contribution in [3.05, 3.63) is 0 Å². The van der Waals surface area contributed by atoms with Gasteiger partial charge in [0.1, 0.15) is 17.3 Å². The summed E-state index contributed by atoms with van der Waals surface area (Å²) in [4.78, 5) is 37.7. The summed E-state index contributed by atoms with van der Waals surface area (Å²) in [6, 6.07) is 2.48. The van der Waals surface area contributed by atoms with Gasteiger partial charge in [0.25, 0.3) is 0 Å². The standard InChI is InChI=1S/C20H25NO3/c1-18-10-15(23)17-13(14(18)3-4-16(18)24)6-8-20(11-21)9-12(22)5-7-19(17,20)2/h13-14,17H,3-10H2,1-2H3. The Bertz CT molecular complexity index is 691. The first-order chi connectivity index (χ1) is 11.3. The van der Waals surface area contributed by atoms with Crippen LogP contribution >= 0.6 is 0 Å². The molecule has 0 N–H and O–H groups in total. The van der Waals surface area contributed by atoms with Crippen molar-refractivity contribution in [1.29, 1.82) is 5.26 Å². The minimum absolute atomic E-state index is 0.150. The average molecular weight is 327 g/mol. The predicted molar refractivity (Wildman–Crippen MR) is 86.7 cm³/mol. The maximum Gasteiger partial charge on any atom is 0.139 e. The molecule has 0 aliphatic heterocycles. The number of fused-ring (bicyclic) bond motifs is 5. The van der Waals surface area contributed by atoms with E-state index in [9.17, 15) is 19.6 Å². The van der Waals surface area contributed by atoms with E-state index in [1.54, 1.807) is 0 Å². The van der Waals surface area contributed by atoms with Crippen LogP contribution in [0.1, 0.15) is 65.2 Å². The summed E-state index contributed by atoms with van der Waals surface area (Å²) in [5, 5.41) is 9.95. The number of Topliss-reactive ketones (excluding diaryl/α,β-unsaturated/α-hetero) is 3. The first-order valence-electron chi connectivity index (χ1n) is 9.26. The summed E-state index contributed by atoms with van der Waals surface area (Å²) >= 11 is 0. The second-order valence-electron chi connectivity index (χ2n) is 9.14. The number of nitriles is 1. The molecule has 4 heteroatoms. The Hall–Kier alpha value is -1.50. The Kier molecular flexibility index (Phi) is 3.18. The van der Waals surface area contributed by atoms with E-state index < -0.39 is 16.2 Å². The van der Waals surface area contributed by atoms with Crippen molar-refractivity contribution < 1.29 is 14.4 Å². The zero-order valence-corrected chi connectivity index (χ0v) is 14.6. The highest BCUT2D eigenvalue weighted by Gasteiger charge is 2.67. The third-order valence-electron chi connectivity index (χ3n) is 8.29. The normalized spacial score (nSPS) is 50.7. The second kappa shape index (κ2) is 4.77. The molecule has 0 radical (unpaired) electrons. The van der Waals surface area contributed by atoms with Crippen LogP contribution in [0.2, 0.25) is 0 Å². The molecule has 0 aromatic rings. The Balaban J connectivity index is 1.79. The SMILES string of the molecule is CC12CC(=O)C3C(CCC4(C#N)CC(=O)CCC34C)C1CCC2=O. The van der Waals surface area contributed by atoms with Crippen molar-refractivity contribution in [2.24, 2.45) is 34.0 Å². The van der Waals surface area contributed by atoms with Gasteiger partial charge in [-0.3, -0.25) is 14.4 Å². The minimum Gasteiger partial charge on any atom is -0.300 e. The highest BCUT2D eigenvalue weighted by molar-refractivity contribution is 5.95. The predicted octanol–water partition coefficient (Wildman–Crippen LogP) is 3.24. The lowest BCUT2D eigenvalue weighted by Crippen LogP contribution is -2.61. The van der Waals surface area contributed by atoms with E-state index in [0.717, 1.165) is 12.8 Å². The Morgan fingerprint density at radius 2 is 1.79 bits per heavy atom. The Morgan fingerprint density at radius 1 is 1.04 bits per heavy atom. The molecule has 6 atom stereocenters.